The Morgan fingerprint density at radius 3 is 2.07 bits per heavy atom. The molecule has 0 bridgehead atoms. The van der Waals surface area contributed by atoms with Gasteiger partial charge in [0.05, 0.1) is 10.6 Å². The first-order chi connectivity index (χ1) is 21.5. The fourth-order valence-electron chi connectivity index (χ4n) is 4.82. The Morgan fingerprint density at radius 2 is 1.44 bits per heavy atom. The number of carbonyl (C=O) groups is 2. The molecular weight excluding hydrogens is 629 g/mol. The maximum absolute atomic E-state index is 14.5. The standard InChI is InChI=1S/C35H37Cl2N3O4S/c1-4-26(3)38-35(42)33(21-27-10-6-5-7-11-27)39(23-28-12-8-13-29(36)20-28)34(41)24-40(31-15-9-14-30(37)22-31)45(43,44)32-18-16-25(2)17-19-32/h5-20,22,26,33H,4,21,23-24H2,1-3H3,(H,38,42)/t26-,33-/m1/s1. The molecule has 0 heterocycles. The van der Waals surface area contributed by atoms with Gasteiger partial charge in [-0.25, -0.2) is 8.42 Å². The van der Waals surface area contributed by atoms with Crippen molar-refractivity contribution in [3.05, 3.63) is 130 Å². The first-order valence-corrected chi connectivity index (χ1v) is 16.9. The van der Waals surface area contributed by atoms with Gasteiger partial charge < -0.3 is 10.2 Å². The topological polar surface area (TPSA) is 86.8 Å². The Labute approximate surface area is 275 Å². The second-order valence-electron chi connectivity index (χ2n) is 11.0. The number of amides is 2. The number of rotatable bonds is 13. The first-order valence-electron chi connectivity index (χ1n) is 14.7. The van der Waals surface area contributed by atoms with Crippen LogP contribution in [0.3, 0.4) is 0 Å². The summed E-state index contributed by atoms with van der Waals surface area (Å²) in [4.78, 5) is 29.9. The maximum Gasteiger partial charge on any atom is 0.264 e. The van der Waals surface area contributed by atoms with Gasteiger partial charge in [-0.3, -0.25) is 13.9 Å². The molecule has 4 rings (SSSR count). The van der Waals surface area contributed by atoms with Gasteiger partial charge in [0, 0.05) is 29.1 Å². The summed E-state index contributed by atoms with van der Waals surface area (Å²) >= 11 is 12.6. The highest BCUT2D eigenvalue weighted by molar-refractivity contribution is 7.92. The van der Waals surface area contributed by atoms with Crippen molar-refractivity contribution in [2.45, 2.75) is 57.1 Å². The lowest BCUT2D eigenvalue weighted by atomic mass is 10.0. The highest BCUT2D eigenvalue weighted by Crippen LogP contribution is 2.27. The third kappa shape index (κ3) is 9.10. The first kappa shape index (κ1) is 34.0. The van der Waals surface area contributed by atoms with E-state index in [0.29, 0.717) is 22.0 Å². The zero-order valence-electron chi connectivity index (χ0n) is 25.5. The third-order valence-electron chi connectivity index (χ3n) is 7.50. The molecule has 2 atom stereocenters. The Kier molecular flexibility index (Phi) is 11.7. The minimum absolute atomic E-state index is 0.0256. The van der Waals surface area contributed by atoms with Crippen molar-refractivity contribution in [2.24, 2.45) is 0 Å². The summed E-state index contributed by atoms with van der Waals surface area (Å²) in [6, 6.07) is 28.1. The molecule has 4 aromatic rings. The number of halogens is 2. The van der Waals surface area contributed by atoms with Gasteiger partial charge in [0.25, 0.3) is 10.0 Å². The van der Waals surface area contributed by atoms with Crippen LogP contribution >= 0.6 is 23.2 Å². The summed E-state index contributed by atoms with van der Waals surface area (Å²) in [7, 11) is -4.22. The fraction of sp³-hybridized carbons (Fsp3) is 0.257. The molecule has 0 saturated heterocycles. The van der Waals surface area contributed by atoms with Gasteiger partial charge >= 0.3 is 0 Å². The Bertz CT molecular complexity index is 1720. The van der Waals surface area contributed by atoms with E-state index in [1.54, 1.807) is 48.5 Å². The molecule has 0 spiro atoms. The van der Waals surface area contributed by atoms with Gasteiger partial charge in [0.2, 0.25) is 11.8 Å². The largest absolute Gasteiger partial charge is 0.352 e. The molecule has 4 aromatic carbocycles. The lowest BCUT2D eigenvalue weighted by Gasteiger charge is -2.34. The predicted molar refractivity (Wildman–Crippen MR) is 181 cm³/mol. The van der Waals surface area contributed by atoms with Crippen LogP contribution in [0.25, 0.3) is 0 Å². The second kappa shape index (κ2) is 15.4. The van der Waals surface area contributed by atoms with Gasteiger partial charge in [-0.05, 0) is 73.9 Å². The summed E-state index contributed by atoms with van der Waals surface area (Å²) in [5.74, 6) is -0.898. The molecule has 0 aliphatic heterocycles. The molecule has 10 heteroatoms. The minimum Gasteiger partial charge on any atom is -0.352 e. The number of sulfonamides is 1. The number of nitrogens with one attached hydrogen (secondary N) is 1. The van der Waals surface area contributed by atoms with Crippen molar-refractivity contribution in [1.29, 1.82) is 0 Å². The quantitative estimate of drug-likeness (QED) is 0.166. The summed E-state index contributed by atoms with van der Waals surface area (Å²) < 4.78 is 29.3. The normalized spacial score (nSPS) is 12.6. The molecule has 0 fully saturated rings. The monoisotopic (exact) mass is 665 g/mol. The van der Waals surface area contributed by atoms with E-state index in [9.17, 15) is 18.0 Å². The van der Waals surface area contributed by atoms with Crippen LogP contribution in [0.1, 0.15) is 37.0 Å². The Balaban J connectivity index is 1.81. The van der Waals surface area contributed by atoms with Gasteiger partial charge in [0.1, 0.15) is 12.6 Å². The van der Waals surface area contributed by atoms with Crippen molar-refractivity contribution in [3.63, 3.8) is 0 Å². The van der Waals surface area contributed by atoms with E-state index in [0.717, 1.165) is 15.4 Å². The van der Waals surface area contributed by atoms with Crippen LogP contribution in [0.5, 0.6) is 0 Å². The summed E-state index contributed by atoms with van der Waals surface area (Å²) in [6.07, 6.45) is 0.917. The highest BCUT2D eigenvalue weighted by atomic mass is 35.5. The number of hydrogen-bond donors (Lipinski definition) is 1. The molecule has 0 unspecified atom stereocenters. The number of aryl methyl sites for hydroxylation is 1. The molecule has 0 aliphatic carbocycles. The van der Waals surface area contributed by atoms with Gasteiger partial charge in [-0.2, -0.15) is 0 Å². The molecule has 0 radical (unpaired) electrons. The number of hydrogen-bond acceptors (Lipinski definition) is 4. The highest BCUT2D eigenvalue weighted by Gasteiger charge is 2.35. The average molecular weight is 667 g/mol. The Hall–Kier alpha value is -3.85. The van der Waals surface area contributed by atoms with Gasteiger partial charge in [0.15, 0.2) is 0 Å². The van der Waals surface area contributed by atoms with E-state index in [1.807, 2.05) is 57.2 Å². The molecule has 0 saturated carbocycles. The van der Waals surface area contributed by atoms with Crippen molar-refractivity contribution in [2.75, 3.05) is 10.8 Å². The third-order valence-corrected chi connectivity index (χ3v) is 9.76. The van der Waals surface area contributed by atoms with Crippen LogP contribution in [-0.4, -0.2) is 43.8 Å². The maximum atomic E-state index is 14.5. The van der Waals surface area contributed by atoms with Crippen molar-refractivity contribution < 1.29 is 18.0 Å². The van der Waals surface area contributed by atoms with E-state index in [1.165, 1.54) is 23.1 Å². The van der Waals surface area contributed by atoms with Crippen LogP contribution in [-0.2, 0) is 32.6 Å². The molecular formula is C35H37Cl2N3O4S. The lowest BCUT2D eigenvalue weighted by molar-refractivity contribution is -0.140. The molecule has 1 N–H and O–H groups in total. The molecule has 0 aromatic heterocycles. The molecule has 45 heavy (non-hydrogen) atoms. The average Bonchev–Trinajstić information content (AvgIpc) is 3.02. The minimum atomic E-state index is -4.22. The SMILES string of the molecule is CC[C@@H](C)NC(=O)[C@@H](Cc1ccccc1)N(Cc1cccc(Cl)c1)C(=O)CN(c1cccc(Cl)c1)S(=O)(=O)c1ccc(C)cc1. The second-order valence-corrected chi connectivity index (χ2v) is 13.7. The number of anilines is 1. The van der Waals surface area contributed by atoms with Crippen molar-refractivity contribution in [1.82, 2.24) is 10.2 Å². The summed E-state index contributed by atoms with van der Waals surface area (Å²) in [5.41, 5.74) is 2.66. The summed E-state index contributed by atoms with van der Waals surface area (Å²) in [6.45, 7) is 5.18. The number of carbonyl (C=O) groups excluding carboxylic acids is 2. The zero-order chi connectivity index (χ0) is 32.6. The van der Waals surface area contributed by atoms with E-state index >= 15 is 0 Å². The molecule has 236 valence electrons. The van der Waals surface area contributed by atoms with E-state index in [-0.39, 0.29) is 35.5 Å². The molecule has 0 aliphatic rings. The van der Waals surface area contributed by atoms with Crippen LogP contribution in [0.2, 0.25) is 10.0 Å². The van der Waals surface area contributed by atoms with E-state index < -0.39 is 28.5 Å². The van der Waals surface area contributed by atoms with Crippen LogP contribution in [0.4, 0.5) is 5.69 Å². The van der Waals surface area contributed by atoms with Crippen molar-refractivity contribution in [3.8, 4) is 0 Å². The Morgan fingerprint density at radius 1 is 0.822 bits per heavy atom. The predicted octanol–water partition coefficient (Wildman–Crippen LogP) is 7.05. The van der Waals surface area contributed by atoms with Crippen molar-refractivity contribution >= 4 is 50.7 Å². The molecule has 7 nitrogen and oxygen atoms in total. The van der Waals surface area contributed by atoms with Crippen LogP contribution in [0, 0.1) is 6.92 Å². The van der Waals surface area contributed by atoms with Crippen LogP contribution in [0.15, 0.2) is 108 Å². The fourth-order valence-corrected chi connectivity index (χ4v) is 6.63. The van der Waals surface area contributed by atoms with Gasteiger partial charge in [-0.1, -0.05) is 96.4 Å². The van der Waals surface area contributed by atoms with Gasteiger partial charge in [-0.15, -0.1) is 0 Å². The lowest BCUT2D eigenvalue weighted by Crippen LogP contribution is -2.54. The van der Waals surface area contributed by atoms with E-state index in [2.05, 4.69) is 5.32 Å². The van der Waals surface area contributed by atoms with Crippen LogP contribution < -0.4 is 9.62 Å². The molecule has 2 amide bonds. The zero-order valence-corrected chi connectivity index (χ0v) is 27.8. The van der Waals surface area contributed by atoms with E-state index in [4.69, 9.17) is 23.2 Å². The summed E-state index contributed by atoms with van der Waals surface area (Å²) in [5, 5.41) is 3.82. The number of benzene rings is 4. The smallest absolute Gasteiger partial charge is 0.264 e. The number of nitrogens with zero attached hydrogens (tertiary/aromatic N) is 2.